The fraction of sp³-hybridized carbons (Fsp3) is 0.474. The van der Waals surface area contributed by atoms with E-state index in [1.165, 1.54) is 25.0 Å². The lowest BCUT2D eigenvalue weighted by atomic mass is 10.1. The van der Waals surface area contributed by atoms with Crippen molar-refractivity contribution in [3.05, 3.63) is 34.9 Å². The van der Waals surface area contributed by atoms with Crippen molar-refractivity contribution in [3.63, 3.8) is 0 Å². The van der Waals surface area contributed by atoms with Gasteiger partial charge < -0.3 is 39.8 Å². The molecular weight excluding hydrogens is 396 g/mol. The van der Waals surface area contributed by atoms with E-state index in [4.69, 9.17) is 29.4 Å². The summed E-state index contributed by atoms with van der Waals surface area (Å²) in [5.41, 5.74) is 5.50. The van der Waals surface area contributed by atoms with Crippen LogP contribution in [0.4, 0.5) is 11.5 Å². The van der Waals surface area contributed by atoms with Gasteiger partial charge in [-0.15, -0.1) is 0 Å². The molecule has 1 aromatic carbocycles. The molecule has 11 heteroatoms. The summed E-state index contributed by atoms with van der Waals surface area (Å²) in [4.78, 5) is 16.9. The molecule has 0 bridgehead atoms. The molecule has 0 saturated carbocycles. The molecule has 1 saturated heterocycles. The number of hydrogen-bond acceptors (Lipinski definition) is 10. The Morgan fingerprint density at radius 3 is 2.77 bits per heavy atom. The van der Waals surface area contributed by atoms with E-state index in [0.717, 1.165) is 0 Å². The molecule has 4 rings (SSSR count). The minimum atomic E-state index is -0.841. The Kier molecular flexibility index (Phi) is 5.88. The predicted octanol–water partition coefficient (Wildman–Crippen LogP) is 0.350. The van der Waals surface area contributed by atoms with Crippen molar-refractivity contribution in [2.24, 2.45) is 5.73 Å². The summed E-state index contributed by atoms with van der Waals surface area (Å²) in [5, 5.41) is 12.7. The van der Waals surface area contributed by atoms with Crippen molar-refractivity contribution in [2.75, 3.05) is 39.3 Å². The first-order chi connectivity index (χ1) is 14.6. The number of fused-ring (bicyclic) bond motifs is 2. The second kappa shape index (κ2) is 8.58. The van der Waals surface area contributed by atoms with Crippen molar-refractivity contribution in [3.8, 4) is 17.2 Å². The van der Waals surface area contributed by atoms with Gasteiger partial charge in [0.1, 0.15) is 36.4 Å². The third-order valence-electron chi connectivity index (χ3n) is 5.03. The summed E-state index contributed by atoms with van der Waals surface area (Å²) < 4.78 is 29.6. The molecule has 2 aromatic rings. The molecule has 3 heterocycles. The number of aromatic nitrogens is 2. The van der Waals surface area contributed by atoms with Crippen LogP contribution in [-0.4, -0.2) is 66.9 Å². The molecule has 0 unspecified atom stereocenters. The second-order valence-corrected chi connectivity index (χ2v) is 6.79. The maximum absolute atomic E-state index is 12.8. The highest BCUT2D eigenvalue weighted by atomic mass is 16.6. The average Bonchev–Trinajstić information content (AvgIpc) is 3.13. The Bertz CT molecular complexity index is 966. The van der Waals surface area contributed by atoms with E-state index in [9.17, 15) is 9.90 Å². The zero-order valence-electron chi connectivity index (χ0n) is 16.6. The number of para-hydroxylation sites is 1. The molecule has 0 spiro atoms. The van der Waals surface area contributed by atoms with E-state index in [-0.39, 0.29) is 12.4 Å². The van der Waals surface area contributed by atoms with Gasteiger partial charge in [0.25, 0.3) is 0 Å². The van der Waals surface area contributed by atoms with Crippen molar-refractivity contribution in [1.82, 2.24) is 9.55 Å². The molecule has 162 valence electrons. The minimum absolute atomic E-state index is 0.251. The summed E-state index contributed by atoms with van der Waals surface area (Å²) in [6.45, 7) is 0.423. The lowest BCUT2D eigenvalue weighted by Gasteiger charge is -2.25. The van der Waals surface area contributed by atoms with Crippen LogP contribution in [0.15, 0.2) is 29.2 Å². The first-order valence-electron chi connectivity index (χ1n) is 9.47. The van der Waals surface area contributed by atoms with Crippen LogP contribution in [0.3, 0.4) is 0 Å². The van der Waals surface area contributed by atoms with Gasteiger partial charge in [-0.3, -0.25) is 4.57 Å². The number of ether oxygens (including phenoxy) is 5. The lowest BCUT2D eigenvalue weighted by Crippen LogP contribution is -2.38. The van der Waals surface area contributed by atoms with Gasteiger partial charge in [-0.2, -0.15) is 4.98 Å². The zero-order chi connectivity index (χ0) is 21.3. The molecule has 11 nitrogen and oxygen atoms in total. The standard InChI is InChI=1S/C19H24N4O7/c1-26-15-13(9-24)30-18(16(15)27-2)23-8-12-17(22-19(23)25)21-14-10(28-7-6-20)4-3-5-11(14)29-12/h3-5,8,13,15-16,18,24H,6-7,9,20H2,1-2H3,(H,21,22,25)/t13-,15+,16+,18-/m1/s1. The quantitative estimate of drug-likeness (QED) is 0.490. The molecule has 4 N–H and O–H groups in total. The molecule has 1 fully saturated rings. The van der Waals surface area contributed by atoms with Crippen LogP contribution in [-0.2, 0) is 14.2 Å². The third kappa shape index (κ3) is 3.50. The van der Waals surface area contributed by atoms with Crippen molar-refractivity contribution >= 4 is 11.5 Å². The molecular formula is C19H24N4O7. The van der Waals surface area contributed by atoms with E-state index in [1.807, 2.05) is 0 Å². The van der Waals surface area contributed by atoms with Gasteiger partial charge in [0.15, 0.2) is 23.5 Å². The molecule has 0 aliphatic carbocycles. The van der Waals surface area contributed by atoms with Gasteiger partial charge in [0.05, 0.1) is 12.8 Å². The van der Waals surface area contributed by atoms with Gasteiger partial charge in [0.2, 0.25) is 0 Å². The number of nitrogens with one attached hydrogen (secondary N) is 1. The molecule has 0 amide bonds. The van der Waals surface area contributed by atoms with Gasteiger partial charge in [-0.05, 0) is 12.1 Å². The third-order valence-corrected chi connectivity index (χ3v) is 5.03. The largest absolute Gasteiger partial charge is 0.490 e. The summed E-state index contributed by atoms with van der Waals surface area (Å²) in [7, 11) is 2.98. The van der Waals surface area contributed by atoms with Crippen molar-refractivity contribution in [1.29, 1.82) is 0 Å². The van der Waals surface area contributed by atoms with Crippen LogP contribution < -0.4 is 26.2 Å². The Balaban J connectivity index is 1.67. The van der Waals surface area contributed by atoms with Gasteiger partial charge in [0, 0.05) is 20.8 Å². The van der Waals surface area contributed by atoms with Crippen LogP contribution in [0.2, 0.25) is 0 Å². The Labute approximate surface area is 172 Å². The number of methoxy groups -OCH3 is 2. The SMILES string of the molecule is CO[C@@H]1[C@H](OC)[C@H](n2cc3c(nc2=O)Nc2c(OCCN)cccc2O3)O[C@@H]1CO. The maximum atomic E-state index is 12.8. The van der Waals surface area contributed by atoms with Gasteiger partial charge in [-0.25, -0.2) is 4.79 Å². The summed E-state index contributed by atoms with van der Waals surface area (Å²) in [6.07, 6.45) is -1.15. The highest BCUT2D eigenvalue weighted by molar-refractivity contribution is 5.77. The average molecular weight is 420 g/mol. The molecule has 4 atom stereocenters. The molecule has 2 aliphatic heterocycles. The zero-order valence-corrected chi connectivity index (χ0v) is 16.6. The minimum Gasteiger partial charge on any atom is -0.490 e. The number of aliphatic hydroxyl groups excluding tert-OH is 1. The second-order valence-electron chi connectivity index (χ2n) is 6.79. The number of nitrogens with two attached hydrogens (primary N) is 1. The Hall–Kier alpha value is -2.70. The highest BCUT2D eigenvalue weighted by Gasteiger charge is 2.46. The predicted molar refractivity (Wildman–Crippen MR) is 105 cm³/mol. The van der Waals surface area contributed by atoms with Crippen LogP contribution in [0.1, 0.15) is 6.23 Å². The fourth-order valence-electron chi connectivity index (χ4n) is 3.66. The van der Waals surface area contributed by atoms with Gasteiger partial charge >= 0.3 is 5.69 Å². The van der Waals surface area contributed by atoms with E-state index in [1.54, 1.807) is 18.2 Å². The van der Waals surface area contributed by atoms with Crippen LogP contribution in [0.5, 0.6) is 17.2 Å². The molecule has 1 aromatic heterocycles. The van der Waals surface area contributed by atoms with E-state index < -0.39 is 30.2 Å². The summed E-state index contributed by atoms with van der Waals surface area (Å²) >= 11 is 0. The molecule has 0 radical (unpaired) electrons. The van der Waals surface area contributed by atoms with Crippen molar-refractivity contribution < 1.29 is 28.8 Å². The summed E-state index contributed by atoms with van der Waals surface area (Å²) in [5.74, 6) is 1.64. The Morgan fingerprint density at radius 2 is 2.07 bits per heavy atom. The first-order valence-corrected chi connectivity index (χ1v) is 9.47. The van der Waals surface area contributed by atoms with Crippen LogP contribution >= 0.6 is 0 Å². The fourth-order valence-corrected chi connectivity index (χ4v) is 3.66. The molecule has 30 heavy (non-hydrogen) atoms. The number of benzene rings is 1. The topological polar surface area (TPSA) is 139 Å². The Morgan fingerprint density at radius 1 is 1.27 bits per heavy atom. The van der Waals surface area contributed by atoms with E-state index in [2.05, 4.69) is 10.3 Å². The highest BCUT2D eigenvalue weighted by Crippen LogP contribution is 2.45. The number of nitrogens with zero attached hydrogens (tertiary/aromatic N) is 2. The number of rotatable bonds is 7. The van der Waals surface area contributed by atoms with Crippen LogP contribution in [0, 0.1) is 0 Å². The first kappa shape index (κ1) is 20.6. The monoisotopic (exact) mass is 420 g/mol. The number of hydrogen-bond donors (Lipinski definition) is 3. The van der Waals surface area contributed by atoms with Crippen molar-refractivity contribution in [2.45, 2.75) is 24.5 Å². The number of anilines is 2. The van der Waals surface area contributed by atoms with E-state index in [0.29, 0.717) is 36.1 Å². The maximum Gasteiger partial charge on any atom is 0.351 e. The number of aliphatic hydroxyl groups is 1. The smallest absolute Gasteiger partial charge is 0.351 e. The summed E-state index contributed by atoms with van der Waals surface area (Å²) in [6, 6.07) is 5.33. The van der Waals surface area contributed by atoms with Crippen LogP contribution in [0.25, 0.3) is 0 Å². The molecule has 2 aliphatic rings. The normalized spacial score (nSPS) is 24.5. The van der Waals surface area contributed by atoms with E-state index >= 15 is 0 Å². The lowest BCUT2D eigenvalue weighted by molar-refractivity contribution is -0.0626. The van der Waals surface area contributed by atoms with Gasteiger partial charge in [-0.1, -0.05) is 6.07 Å².